The average molecular weight is 295 g/mol. The number of aliphatic hydroxyl groups is 1. The second-order valence-corrected chi connectivity index (χ2v) is 6.45. The van der Waals surface area contributed by atoms with Gasteiger partial charge in [-0.05, 0) is 25.2 Å². The molecule has 0 spiro atoms. The molecule has 0 saturated heterocycles. The Morgan fingerprint density at radius 3 is 2.45 bits per heavy atom. The molecule has 0 heterocycles. The van der Waals surface area contributed by atoms with Crippen molar-refractivity contribution >= 4 is 11.8 Å². The maximum absolute atomic E-state index is 9.43. The van der Waals surface area contributed by atoms with Crippen molar-refractivity contribution in [2.24, 2.45) is 0 Å². The molecule has 0 saturated carbocycles. The van der Waals surface area contributed by atoms with Crippen LogP contribution in [0.25, 0.3) is 0 Å². The van der Waals surface area contributed by atoms with E-state index in [4.69, 9.17) is 0 Å². The monoisotopic (exact) mass is 295 g/mol. The number of rotatable bonds is 10. The fourth-order valence-electron chi connectivity index (χ4n) is 2.49. The molecular formula is C17H29NOS. The van der Waals surface area contributed by atoms with Crippen molar-refractivity contribution in [3.63, 3.8) is 0 Å². The minimum atomic E-state index is 0.228. The molecule has 0 aromatic heterocycles. The second-order valence-electron chi connectivity index (χ2n) is 5.37. The van der Waals surface area contributed by atoms with Crippen LogP contribution in [0.2, 0.25) is 0 Å². The summed E-state index contributed by atoms with van der Waals surface area (Å²) >= 11 is 1.73. The van der Waals surface area contributed by atoms with Gasteiger partial charge in [-0.15, -0.1) is 0 Å². The van der Waals surface area contributed by atoms with Crippen LogP contribution in [0, 0.1) is 0 Å². The summed E-state index contributed by atoms with van der Waals surface area (Å²) in [5.74, 6) is 0. The van der Waals surface area contributed by atoms with E-state index in [9.17, 15) is 5.11 Å². The summed E-state index contributed by atoms with van der Waals surface area (Å²) < 4.78 is 0. The number of unbranched alkanes of at least 4 members (excludes halogenated alkanes) is 2. The summed E-state index contributed by atoms with van der Waals surface area (Å²) in [4.78, 5) is 0. The number of nitrogens with one attached hydrogen (secondary N) is 1. The number of hydrogen-bond acceptors (Lipinski definition) is 3. The minimum absolute atomic E-state index is 0.228. The Morgan fingerprint density at radius 1 is 1.20 bits per heavy atom. The third kappa shape index (κ3) is 5.86. The van der Waals surface area contributed by atoms with Crippen LogP contribution in [0.1, 0.15) is 51.1 Å². The molecule has 0 bridgehead atoms. The van der Waals surface area contributed by atoms with E-state index in [1.807, 2.05) is 0 Å². The van der Waals surface area contributed by atoms with Crippen molar-refractivity contribution in [1.82, 2.24) is 5.32 Å². The van der Waals surface area contributed by atoms with Crippen molar-refractivity contribution in [3.05, 3.63) is 35.9 Å². The molecule has 2 nitrogen and oxygen atoms in total. The van der Waals surface area contributed by atoms with Crippen LogP contribution in [0.4, 0.5) is 0 Å². The summed E-state index contributed by atoms with van der Waals surface area (Å²) in [6, 6.07) is 11.4. The normalized spacial score (nSPS) is 15.8. The van der Waals surface area contributed by atoms with Gasteiger partial charge in [0, 0.05) is 17.3 Å². The third-order valence-electron chi connectivity index (χ3n) is 3.80. The summed E-state index contributed by atoms with van der Waals surface area (Å²) in [6.07, 6.45) is 7.01. The van der Waals surface area contributed by atoms with Gasteiger partial charge in [0.1, 0.15) is 0 Å². The minimum Gasteiger partial charge on any atom is -0.395 e. The van der Waals surface area contributed by atoms with Crippen LogP contribution in [0.5, 0.6) is 0 Å². The van der Waals surface area contributed by atoms with Gasteiger partial charge >= 0.3 is 0 Å². The molecule has 114 valence electrons. The van der Waals surface area contributed by atoms with E-state index in [0.29, 0.717) is 12.1 Å². The predicted molar refractivity (Wildman–Crippen MR) is 90.3 cm³/mol. The second kappa shape index (κ2) is 10.3. The molecule has 0 aliphatic heterocycles. The highest BCUT2D eigenvalue weighted by molar-refractivity contribution is 7.99. The Labute approximate surface area is 128 Å². The zero-order valence-electron chi connectivity index (χ0n) is 13.0. The van der Waals surface area contributed by atoms with Gasteiger partial charge in [-0.2, -0.15) is 11.8 Å². The van der Waals surface area contributed by atoms with E-state index in [1.165, 1.54) is 24.8 Å². The maximum Gasteiger partial charge on any atom is 0.0564 e. The Morgan fingerprint density at radius 2 is 1.90 bits per heavy atom. The Kier molecular flexibility index (Phi) is 8.99. The molecule has 2 N–H and O–H groups in total. The molecule has 0 aliphatic rings. The van der Waals surface area contributed by atoms with Gasteiger partial charge in [0.25, 0.3) is 0 Å². The summed E-state index contributed by atoms with van der Waals surface area (Å²) in [7, 11) is 0. The van der Waals surface area contributed by atoms with Crippen LogP contribution < -0.4 is 5.32 Å². The summed E-state index contributed by atoms with van der Waals surface area (Å²) in [6.45, 7) is 4.64. The number of thioether (sulfide) groups is 1. The largest absolute Gasteiger partial charge is 0.395 e. The van der Waals surface area contributed by atoms with E-state index >= 15 is 0 Å². The van der Waals surface area contributed by atoms with E-state index in [2.05, 4.69) is 55.8 Å². The van der Waals surface area contributed by atoms with Crippen molar-refractivity contribution < 1.29 is 5.11 Å². The maximum atomic E-state index is 9.43. The molecule has 0 aliphatic carbocycles. The third-order valence-corrected chi connectivity index (χ3v) is 4.97. The van der Waals surface area contributed by atoms with Gasteiger partial charge < -0.3 is 10.4 Å². The molecule has 0 amide bonds. The standard InChI is InChI=1S/C17H29NOS/c1-4-5-7-12-16(15-10-8-6-9-11-15)18-14(2)17(13-19)20-3/h6,8-11,14,16-19H,4-5,7,12-13H2,1-3H3. The topological polar surface area (TPSA) is 32.3 Å². The molecule has 3 unspecified atom stereocenters. The highest BCUT2D eigenvalue weighted by Crippen LogP contribution is 2.22. The van der Waals surface area contributed by atoms with Crippen molar-refractivity contribution in [2.75, 3.05) is 12.9 Å². The molecule has 0 fully saturated rings. The smallest absolute Gasteiger partial charge is 0.0564 e. The van der Waals surface area contributed by atoms with Gasteiger partial charge in [0.2, 0.25) is 0 Å². The summed E-state index contributed by atoms with van der Waals surface area (Å²) in [5, 5.41) is 13.4. The van der Waals surface area contributed by atoms with Crippen LogP contribution >= 0.6 is 11.8 Å². The molecular weight excluding hydrogens is 266 g/mol. The molecule has 1 aromatic carbocycles. The van der Waals surface area contributed by atoms with Gasteiger partial charge in [0.05, 0.1) is 6.61 Å². The number of benzene rings is 1. The lowest BCUT2D eigenvalue weighted by Gasteiger charge is -2.28. The SMILES string of the molecule is CCCCCC(NC(C)C(CO)SC)c1ccccc1. The lowest BCUT2D eigenvalue weighted by atomic mass is 9.99. The van der Waals surface area contributed by atoms with Crippen molar-refractivity contribution in [1.29, 1.82) is 0 Å². The Hall–Kier alpha value is -0.510. The first-order valence-corrected chi connectivity index (χ1v) is 8.96. The molecule has 0 radical (unpaired) electrons. The average Bonchev–Trinajstić information content (AvgIpc) is 2.48. The predicted octanol–water partition coefficient (Wildman–Crippen LogP) is 4.01. The van der Waals surface area contributed by atoms with Crippen LogP contribution in [-0.4, -0.2) is 29.3 Å². The van der Waals surface area contributed by atoms with Crippen LogP contribution in [-0.2, 0) is 0 Å². The molecule has 3 heteroatoms. The molecule has 1 rings (SSSR count). The van der Waals surface area contributed by atoms with Gasteiger partial charge in [-0.1, -0.05) is 56.5 Å². The van der Waals surface area contributed by atoms with Gasteiger partial charge in [0.15, 0.2) is 0 Å². The Balaban J connectivity index is 2.67. The van der Waals surface area contributed by atoms with E-state index < -0.39 is 0 Å². The lowest BCUT2D eigenvalue weighted by molar-refractivity contribution is 0.268. The van der Waals surface area contributed by atoms with E-state index in [1.54, 1.807) is 11.8 Å². The molecule has 1 aromatic rings. The fraction of sp³-hybridized carbons (Fsp3) is 0.647. The fourth-order valence-corrected chi connectivity index (χ4v) is 3.13. The van der Waals surface area contributed by atoms with Crippen LogP contribution in [0.15, 0.2) is 30.3 Å². The lowest BCUT2D eigenvalue weighted by Crippen LogP contribution is -2.39. The zero-order chi connectivity index (χ0) is 14.8. The van der Waals surface area contributed by atoms with Crippen molar-refractivity contribution in [2.45, 2.75) is 56.9 Å². The quantitative estimate of drug-likeness (QED) is 0.640. The summed E-state index contributed by atoms with van der Waals surface area (Å²) in [5.41, 5.74) is 1.35. The highest BCUT2D eigenvalue weighted by Gasteiger charge is 2.19. The number of aliphatic hydroxyl groups excluding tert-OH is 1. The molecule has 20 heavy (non-hydrogen) atoms. The van der Waals surface area contributed by atoms with E-state index in [-0.39, 0.29) is 11.9 Å². The Bertz CT molecular complexity index is 340. The van der Waals surface area contributed by atoms with E-state index in [0.717, 1.165) is 6.42 Å². The first kappa shape index (κ1) is 17.5. The van der Waals surface area contributed by atoms with Gasteiger partial charge in [-0.25, -0.2) is 0 Å². The highest BCUT2D eigenvalue weighted by atomic mass is 32.2. The first-order valence-electron chi connectivity index (χ1n) is 7.67. The number of hydrogen-bond donors (Lipinski definition) is 2. The van der Waals surface area contributed by atoms with Gasteiger partial charge in [-0.3, -0.25) is 0 Å². The van der Waals surface area contributed by atoms with Crippen LogP contribution in [0.3, 0.4) is 0 Å². The molecule has 3 atom stereocenters. The first-order chi connectivity index (χ1) is 9.72. The van der Waals surface area contributed by atoms with Crippen molar-refractivity contribution in [3.8, 4) is 0 Å². The zero-order valence-corrected chi connectivity index (χ0v) is 13.8.